The Morgan fingerprint density at radius 1 is 1.03 bits per heavy atom. The van der Waals surface area contributed by atoms with Crippen LogP contribution in [0, 0.1) is 10.1 Å². The molecule has 5 rings (SSSR count). The van der Waals surface area contributed by atoms with Gasteiger partial charge in [0.15, 0.2) is 0 Å². The monoisotopic (exact) mass is 443 g/mol. The number of benzene rings is 2. The summed E-state index contributed by atoms with van der Waals surface area (Å²) in [4.78, 5) is 12.8. The van der Waals surface area contributed by atoms with Crippen LogP contribution < -0.4 is 5.32 Å². The molecule has 1 N–H and O–H groups in total. The number of nitro benzene ring substituents is 1. The number of hydrogen-bond donors (Lipinski definition) is 1. The number of fused-ring (bicyclic) bond motifs is 3. The molecule has 2 aromatic carbocycles. The van der Waals surface area contributed by atoms with E-state index in [0.717, 1.165) is 25.1 Å². The van der Waals surface area contributed by atoms with E-state index in [1.807, 2.05) is 18.2 Å². The molecule has 0 radical (unpaired) electrons. The van der Waals surface area contributed by atoms with Crippen molar-refractivity contribution in [1.82, 2.24) is 10.2 Å². The molecular weight excluding hydrogens is 416 g/mol. The van der Waals surface area contributed by atoms with Crippen molar-refractivity contribution in [1.29, 1.82) is 0 Å². The molecule has 31 heavy (non-hydrogen) atoms. The van der Waals surface area contributed by atoms with Crippen LogP contribution in [-0.2, 0) is 6.42 Å². The van der Waals surface area contributed by atoms with E-state index in [2.05, 4.69) is 20.4 Å². The predicted molar refractivity (Wildman–Crippen MR) is 121 cm³/mol. The van der Waals surface area contributed by atoms with E-state index in [-0.39, 0.29) is 5.69 Å². The minimum Gasteiger partial charge on any atom is -0.319 e. The fraction of sp³-hybridized carbons (Fsp3) is 0.455. The highest BCUT2D eigenvalue weighted by atomic mass is 35.5. The molecule has 9 heteroatoms. The molecule has 2 aromatic rings. The highest BCUT2D eigenvalue weighted by Gasteiger charge is 2.37. The Morgan fingerprint density at radius 3 is 2.39 bits per heavy atom. The van der Waals surface area contributed by atoms with Crippen molar-refractivity contribution in [3.8, 4) is 0 Å². The molecule has 3 heterocycles. The third-order valence-electron chi connectivity index (χ3n) is 6.37. The van der Waals surface area contributed by atoms with E-state index in [0.29, 0.717) is 16.4 Å². The van der Waals surface area contributed by atoms with Gasteiger partial charge in [-0.15, -0.1) is 5.11 Å². The third-order valence-corrected chi connectivity index (χ3v) is 6.67. The van der Waals surface area contributed by atoms with Gasteiger partial charge in [0.1, 0.15) is 5.69 Å². The molecule has 3 aliphatic heterocycles. The molecule has 0 saturated carbocycles. The summed E-state index contributed by atoms with van der Waals surface area (Å²) < 4.78 is 1.28. The lowest BCUT2D eigenvalue weighted by Gasteiger charge is -2.50. The van der Waals surface area contributed by atoms with Crippen molar-refractivity contribution in [3.63, 3.8) is 0 Å². The molecule has 0 aliphatic carbocycles. The van der Waals surface area contributed by atoms with Gasteiger partial charge in [0.05, 0.1) is 41.8 Å². The Morgan fingerprint density at radius 2 is 1.74 bits per heavy atom. The van der Waals surface area contributed by atoms with Crippen molar-refractivity contribution >= 4 is 28.7 Å². The van der Waals surface area contributed by atoms with Crippen LogP contribution in [0.5, 0.6) is 0 Å². The maximum atomic E-state index is 10.7. The molecule has 164 valence electrons. The summed E-state index contributed by atoms with van der Waals surface area (Å²) in [5, 5.41) is 23.1. The highest BCUT2D eigenvalue weighted by Crippen LogP contribution is 2.28. The van der Waals surface area contributed by atoms with Crippen LogP contribution in [0.1, 0.15) is 5.56 Å². The van der Waals surface area contributed by atoms with E-state index in [4.69, 9.17) is 11.6 Å². The van der Waals surface area contributed by atoms with Gasteiger partial charge in [0, 0.05) is 38.3 Å². The predicted octanol–water partition coefficient (Wildman–Crippen LogP) is 3.94. The zero-order chi connectivity index (χ0) is 21.7. The topological polar surface area (TPSA) is 83.1 Å². The number of nitrogens with zero attached hydrogens (tertiary/aromatic N) is 5. The lowest BCUT2D eigenvalue weighted by Crippen LogP contribution is -2.68. The zero-order valence-electron chi connectivity index (χ0n) is 17.5. The van der Waals surface area contributed by atoms with Crippen molar-refractivity contribution < 1.29 is 9.41 Å². The smallest absolute Gasteiger partial charge is 0.269 e. The van der Waals surface area contributed by atoms with Gasteiger partial charge in [0.2, 0.25) is 0 Å². The zero-order valence-corrected chi connectivity index (χ0v) is 18.3. The molecule has 0 unspecified atom stereocenters. The SMILES string of the molecule is O=[N+]([O-])c1ccc(N=Nc2ccc(CCNCC[N+]34CCN(CC3)CC4)cc2Cl)cc1. The number of rotatable bonds is 9. The summed E-state index contributed by atoms with van der Waals surface area (Å²) in [5.41, 5.74) is 2.30. The normalized spacial score (nSPS) is 22.8. The van der Waals surface area contributed by atoms with E-state index in [1.165, 1.54) is 62.4 Å². The average Bonchev–Trinajstić information content (AvgIpc) is 2.80. The van der Waals surface area contributed by atoms with Gasteiger partial charge in [-0.1, -0.05) is 17.7 Å². The molecule has 0 atom stereocenters. The lowest BCUT2D eigenvalue weighted by molar-refractivity contribution is -0.939. The van der Waals surface area contributed by atoms with Crippen LogP contribution in [0.25, 0.3) is 0 Å². The van der Waals surface area contributed by atoms with E-state index >= 15 is 0 Å². The van der Waals surface area contributed by atoms with Gasteiger partial charge in [-0.3, -0.25) is 15.0 Å². The molecule has 3 fully saturated rings. The lowest BCUT2D eigenvalue weighted by atomic mass is 10.1. The second-order valence-corrected chi connectivity index (χ2v) is 8.74. The maximum absolute atomic E-state index is 10.7. The van der Waals surface area contributed by atoms with Crippen LogP contribution in [0.15, 0.2) is 52.7 Å². The summed E-state index contributed by atoms with van der Waals surface area (Å²) >= 11 is 6.38. The first-order valence-corrected chi connectivity index (χ1v) is 11.1. The third kappa shape index (κ3) is 5.65. The maximum Gasteiger partial charge on any atom is 0.269 e. The first-order chi connectivity index (χ1) is 15.0. The second kappa shape index (κ2) is 9.82. The first kappa shape index (κ1) is 21.8. The number of non-ortho nitro benzene ring substituents is 1. The molecule has 0 amide bonds. The molecule has 0 aromatic heterocycles. The quantitative estimate of drug-likeness (QED) is 0.209. The summed E-state index contributed by atoms with van der Waals surface area (Å²) in [6.07, 6.45) is 0.910. The van der Waals surface area contributed by atoms with E-state index in [9.17, 15) is 10.1 Å². The van der Waals surface area contributed by atoms with Gasteiger partial charge in [-0.05, 0) is 42.8 Å². The molecule has 2 bridgehead atoms. The number of piperazine rings is 3. The summed E-state index contributed by atoms with van der Waals surface area (Å²) in [6, 6.07) is 11.7. The highest BCUT2D eigenvalue weighted by molar-refractivity contribution is 6.33. The number of azo groups is 1. The van der Waals surface area contributed by atoms with Crippen LogP contribution in [-0.4, -0.2) is 73.2 Å². The second-order valence-electron chi connectivity index (χ2n) is 8.34. The molecule has 3 aliphatic rings. The number of nitro groups is 1. The molecular formula is C22H28ClN6O2+. The largest absolute Gasteiger partial charge is 0.319 e. The average molecular weight is 444 g/mol. The van der Waals surface area contributed by atoms with Gasteiger partial charge in [0.25, 0.3) is 5.69 Å². The fourth-order valence-electron chi connectivity index (χ4n) is 4.28. The summed E-state index contributed by atoms with van der Waals surface area (Å²) in [7, 11) is 0. The summed E-state index contributed by atoms with van der Waals surface area (Å²) in [6.45, 7) is 10.9. The van der Waals surface area contributed by atoms with Crippen molar-refractivity contribution in [3.05, 3.63) is 63.2 Å². The molecule has 8 nitrogen and oxygen atoms in total. The number of halogens is 1. The number of nitrogens with one attached hydrogen (secondary N) is 1. The summed E-state index contributed by atoms with van der Waals surface area (Å²) in [5.74, 6) is 0. The Hall–Kier alpha value is -2.39. The van der Waals surface area contributed by atoms with Crippen molar-refractivity contribution in [2.24, 2.45) is 10.2 Å². The minimum atomic E-state index is -0.442. The number of hydrogen-bond acceptors (Lipinski definition) is 6. The van der Waals surface area contributed by atoms with Crippen LogP contribution in [0.3, 0.4) is 0 Å². The fourth-order valence-corrected chi connectivity index (χ4v) is 4.52. The van der Waals surface area contributed by atoms with Crippen molar-refractivity contribution in [2.75, 3.05) is 58.9 Å². The molecule has 0 spiro atoms. The Kier molecular flexibility index (Phi) is 6.92. The standard InChI is InChI=1S/C22H28ClN6O2/c23-21-17-18(7-8-24-9-13-29-14-10-27(11-15-29)12-16-29)1-6-22(21)26-25-19-2-4-20(5-3-19)28(30)31/h1-6,17,24H,7-16H2/q+1. The van der Waals surface area contributed by atoms with Crippen LogP contribution >= 0.6 is 11.6 Å². The van der Waals surface area contributed by atoms with Crippen LogP contribution in [0.4, 0.5) is 17.1 Å². The Balaban J connectivity index is 1.23. The first-order valence-electron chi connectivity index (χ1n) is 10.8. The van der Waals surface area contributed by atoms with Gasteiger partial charge >= 0.3 is 0 Å². The van der Waals surface area contributed by atoms with Crippen molar-refractivity contribution in [2.45, 2.75) is 6.42 Å². The Bertz CT molecular complexity index is 928. The Labute approximate surface area is 187 Å². The van der Waals surface area contributed by atoms with Gasteiger partial charge < -0.3 is 9.80 Å². The van der Waals surface area contributed by atoms with Gasteiger partial charge in [-0.2, -0.15) is 5.11 Å². The number of quaternary nitrogens is 1. The van der Waals surface area contributed by atoms with Crippen LogP contribution in [0.2, 0.25) is 5.02 Å². The minimum absolute atomic E-state index is 0.0256. The van der Waals surface area contributed by atoms with E-state index in [1.54, 1.807) is 12.1 Å². The molecule has 3 saturated heterocycles. The van der Waals surface area contributed by atoms with E-state index < -0.39 is 4.92 Å². The van der Waals surface area contributed by atoms with Gasteiger partial charge in [-0.25, -0.2) is 0 Å².